The lowest BCUT2D eigenvalue weighted by atomic mass is 10.1. The van der Waals surface area contributed by atoms with Crippen LogP contribution in [0.1, 0.15) is 18.3 Å². The lowest BCUT2D eigenvalue weighted by Gasteiger charge is -2.07. The second-order valence-electron chi connectivity index (χ2n) is 5.41. The molecule has 0 aliphatic rings. The predicted octanol–water partition coefficient (Wildman–Crippen LogP) is 3.99. The van der Waals surface area contributed by atoms with Gasteiger partial charge in [0, 0.05) is 11.6 Å². The smallest absolute Gasteiger partial charge is 0.150 e. The van der Waals surface area contributed by atoms with Gasteiger partial charge in [0.25, 0.3) is 0 Å². The van der Waals surface area contributed by atoms with Crippen LogP contribution in [0.25, 0.3) is 11.3 Å². The number of aromatic nitrogens is 2. The molecule has 0 saturated carbocycles. The summed E-state index contributed by atoms with van der Waals surface area (Å²) in [4.78, 5) is 8.84. The van der Waals surface area contributed by atoms with Gasteiger partial charge in [0.1, 0.15) is 17.4 Å². The van der Waals surface area contributed by atoms with Crippen molar-refractivity contribution in [2.45, 2.75) is 13.8 Å². The van der Waals surface area contributed by atoms with E-state index in [2.05, 4.69) is 20.5 Å². The summed E-state index contributed by atoms with van der Waals surface area (Å²) in [5, 5.41) is 13.7. The largest absolute Gasteiger partial charge is 0.508 e. The zero-order valence-electron chi connectivity index (χ0n) is 13.6. The maximum absolute atomic E-state index is 9.34. The van der Waals surface area contributed by atoms with Gasteiger partial charge in [-0.1, -0.05) is 30.3 Å². The van der Waals surface area contributed by atoms with Crippen molar-refractivity contribution >= 4 is 11.5 Å². The molecule has 1 heterocycles. The van der Waals surface area contributed by atoms with E-state index >= 15 is 0 Å². The van der Waals surface area contributed by atoms with E-state index in [1.165, 1.54) is 0 Å². The lowest BCUT2D eigenvalue weighted by molar-refractivity contribution is 0.475. The van der Waals surface area contributed by atoms with Gasteiger partial charge in [0.05, 0.1) is 11.4 Å². The predicted molar refractivity (Wildman–Crippen MR) is 96.1 cm³/mol. The molecule has 0 fully saturated rings. The standard InChI is InChI=1S/C19H18N4O/c1-13(15-8-10-17(24)11-9-15)22-23-19-12-18(20-14(2)21-19)16-6-4-3-5-7-16/h3-12,24H,1-2H3,(H,20,21,23)/b22-13+. The van der Waals surface area contributed by atoms with Crippen LogP contribution < -0.4 is 5.43 Å². The number of phenols is 1. The number of aryl methyl sites for hydroxylation is 1. The molecular formula is C19H18N4O. The topological polar surface area (TPSA) is 70.4 Å². The minimum atomic E-state index is 0.235. The maximum atomic E-state index is 9.34. The van der Waals surface area contributed by atoms with Crippen LogP contribution in [0.2, 0.25) is 0 Å². The summed E-state index contributed by atoms with van der Waals surface area (Å²) in [6.45, 7) is 3.75. The number of benzene rings is 2. The van der Waals surface area contributed by atoms with Crippen LogP contribution in [-0.2, 0) is 0 Å². The number of aromatic hydroxyl groups is 1. The third kappa shape index (κ3) is 3.76. The van der Waals surface area contributed by atoms with E-state index in [0.29, 0.717) is 11.6 Å². The van der Waals surface area contributed by atoms with Gasteiger partial charge in [0.2, 0.25) is 0 Å². The first-order chi connectivity index (χ1) is 11.6. The van der Waals surface area contributed by atoms with Gasteiger partial charge in [-0.2, -0.15) is 5.10 Å². The molecule has 5 nitrogen and oxygen atoms in total. The Balaban J connectivity index is 1.84. The van der Waals surface area contributed by atoms with E-state index in [0.717, 1.165) is 22.5 Å². The van der Waals surface area contributed by atoms with E-state index in [1.807, 2.05) is 62.4 Å². The normalized spacial score (nSPS) is 11.3. The van der Waals surface area contributed by atoms with Crippen LogP contribution in [0.5, 0.6) is 5.75 Å². The number of nitrogens with zero attached hydrogens (tertiary/aromatic N) is 3. The summed E-state index contributed by atoms with van der Waals surface area (Å²) in [5.74, 6) is 1.55. The van der Waals surface area contributed by atoms with Gasteiger partial charge < -0.3 is 5.11 Å². The van der Waals surface area contributed by atoms with Crippen LogP contribution in [0.4, 0.5) is 5.82 Å². The second kappa shape index (κ2) is 6.91. The van der Waals surface area contributed by atoms with Crippen molar-refractivity contribution in [1.29, 1.82) is 0 Å². The Morgan fingerprint density at radius 3 is 2.42 bits per heavy atom. The number of phenolic OH excluding ortho intramolecular Hbond substituents is 1. The molecule has 0 atom stereocenters. The Labute approximate surface area is 140 Å². The summed E-state index contributed by atoms with van der Waals surface area (Å²) in [7, 11) is 0. The molecule has 0 spiro atoms. The highest BCUT2D eigenvalue weighted by atomic mass is 16.3. The molecule has 3 rings (SSSR count). The molecule has 2 N–H and O–H groups in total. The molecule has 1 aromatic heterocycles. The zero-order chi connectivity index (χ0) is 16.9. The average molecular weight is 318 g/mol. The lowest BCUT2D eigenvalue weighted by Crippen LogP contribution is -2.02. The van der Waals surface area contributed by atoms with Crippen molar-refractivity contribution in [3.8, 4) is 17.0 Å². The highest BCUT2D eigenvalue weighted by Crippen LogP contribution is 2.19. The van der Waals surface area contributed by atoms with Gasteiger partial charge in [-0.05, 0) is 43.7 Å². The minimum Gasteiger partial charge on any atom is -0.508 e. The van der Waals surface area contributed by atoms with Crippen molar-refractivity contribution in [2.24, 2.45) is 5.10 Å². The third-order valence-corrected chi connectivity index (χ3v) is 3.53. The Kier molecular flexibility index (Phi) is 4.52. The minimum absolute atomic E-state index is 0.235. The number of hydrazone groups is 1. The van der Waals surface area contributed by atoms with Crippen molar-refractivity contribution in [1.82, 2.24) is 9.97 Å². The molecule has 120 valence electrons. The molecule has 0 radical (unpaired) electrons. The summed E-state index contributed by atoms with van der Waals surface area (Å²) in [6.07, 6.45) is 0. The first-order valence-electron chi connectivity index (χ1n) is 7.62. The summed E-state index contributed by atoms with van der Waals surface area (Å²) in [5.41, 5.74) is 6.59. The quantitative estimate of drug-likeness (QED) is 0.563. The zero-order valence-corrected chi connectivity index (χ0v) is 13.6. The molecule has 3 aromatic rings. The van der Waals surface area contributed by atoms with Crippen LogP contribution in [-0.4, -0.2) is 20.8 Å². The fraction of sp³-hybridized carbons (Fsp3) is 0.105. The molecular weight excluding hydrogens is 300 g/mol. The van der Waals surface area contributed by atoms with Crippen molar-refractivity contribution in [3.63, 3.8) is 0 Å². The van der Waals surface area contributed by atoms with Gasteiger partial charge >= 0.3 is 0 Å². The molecule has 5 heteroatoms. The molecule has 0 saturated heterocycles. The average Bonchev–Trinajstić information content (AvgIpc) is 2.60. The summed E-state index contributed by atoms with van der Waals surface area (Å²) >= 11 is 0. The number of rotatable bonds is 4. The molecule has 2 aromatic carbocycles. The van der Waals surface area contributed by atoms with Crippen LogP contribution in [0.3, 0.4) is 0 Å². The Bertz CT molecular complexity index is 858. The van der Waals surface area contributed by atoms with Crippen molar-refractivity contribution in [3.05, 3.63) is 72.1 Å². The number of hydrogen-bond acceptors (Lipinski definition) is 5. The van der Waals surface area contributed by atoms with E-state index in [9.17, 15) is 5.11 Å². The monoisotopic (exact) mass is 318 g/mol. The van der Waals surface area contributed by atoms with Crippen LogP contribution in [0.15, 0.2) is 65.8 Å². The van der Waals surface area contributed by atoms with Crippen LogP contribution in [0, 0.1) is 6.92 Å². The van der Waals surface area contributed by atoms with Crippen molar-refractivity contribution in [2.75, 3.05) is 5.43 Å². The molecule has 24 heavy (non-hydrogen) atoms. The van der Waals surface area contributed by atoms with E-state index in [1.54, 1.807) is 12.1 Å². The summed E-state index contributed by atoms with van der Waals surface area (Å²) in [6, 6.07) is 18.7. The number of nitrogens with one attached hydrogen (secondary N) is 1. The van der Waals surface area contributed by atoms with Crippen molar-refractivity contribution < 1.29 is 5.11 Å². The fourth-order valence-electron chi connectivity index (χ4n) is 2.29. The van der Waals surface area contributed by atoms with Gasteiger partial charge in [-0.3, -0.25) is 5.43 Å². The Morgan fingerprint density at radius 1 is 1.00 bits per heavy atom. The number of anilines is 1. The molecule has 0 amide bonds. The van der Waals surface area contributed by atoms with Gasteiger partial charge in [-0.25, -0.2) is 9.97 Å². The van der Waals surface area contributed by atoms with E-state index in [-0.39, 0.29) is 5.75 Å². The van der Waals surface area contributed by atoms with E-state index < -0.39 is 0 Å². The third-order valence-electron chi connectivity index (χ3n) is 3.53. The van der Waals surface area contributed by atoms with Gasteiger partial charge in [-0.15, -0.1) is 0 Å². The molecule has 0 unspecified atom stereocenters. The first kappa shape index (κ1) is 15.7. The first-order valence-corrected chi connectivity index (χ1v) is 7.62. The molecule has 0 bridgehead atoms. The summed E-state index contributed by atoms with van der Waals surface area (Å²) < 4.78 is 0. The number of hydrogen-bond donors (Lipinski definition) is 2. The maximum Gasteiger partial charge on any atom is 0.150 e. The van der Waals surface area contributed by atoms with Crippen LogP contribution >= 0.6 is 0 Å². The molecule has 0 aliphatic carbocycles. The van der Waals surface area contributed by atoms with Gasteiger partial charge in [0.15, 0.2) is 0 Å². The second-order valence-corrected chi connectivity index (χ2v) is 5.41. The fourth-order valence-corrected chi connectivity index (χ4v) is 2.29. The molecule has 0 aliphatic heterocycles. The Morgan fingerprint density at radius 2 is 1.71 bits per heavy atom. The Hall–Kier alpha value is -3.21. The highest BCUT2D eigenvalue weighted by molar-refractivity contribution is 5.99. The highest BCUT2D eigenvalue weighted by Gasteiger charge is 2.04. The van der Waals surface area contributed by atoms with E-state index in [4.69, 9.17) is 0 Å². The SMILES string of the molecule is C/C(=N\Nc1cc(-c2ccccc2)nc(C)n1)c1ccc(O)cc1.